The summed E-state index contributed by atoms with van der Waals surface area (Å²) in [6.07, 6.45) is 59.8. The van der Waals surface area contributed by atoms with Gasteiger partial charge in [-0.15, -0.1) is 0 Å². The minimum absolute atomic E-state index is 0.106. The molecule has 0 fully saturated rings. The predicted octanol–water partition coefficient (Wildman–Crippen LogP) is 24.8. The Bertz CT molecular complexity index is 1990. The number of hydrogen-bond acceptors (Lipinski definition) is 15. The fraction of sp³-hybridized carbons (Fsp3) is 0.952. The van der Waals surface area contributed by atoms with Crippen molar-refractivity contribution in [1.82, 2.24) is 0 Å². The second kappa shape index (κ2) is 72.0. The fourth-order valence-corrected chi connectivity index (χ4v) is 14.3. The van der Waals surface area contributed by atoms with E-state index in [9.17, 15) is 43.2 Å². The van der Waals surface area contributed by atoms with Gasteiger partial charge in [0.2, 0.25) is 0 Å². The molecule has 0 bridgehead atoms. The number of carbonyl (C=O) groups is 4. The topological polar surface area (TPSA) is 237 Å². The molecule has 0 rings (SSSR count). The van der Waals surface area contributed by atoms with Gasteiger partial charge in [0.1, 0.15) is 19.3 Å². The Balaban J connectivity index is 5.16. The largest absolute Gasteiger partial charge is 0.472 e. The highest BCUT2D eigenvalue weighted by molar-refractivity contribution is 7.47. The Morgan fingerprint density at radius 2 is 0.471 bits per heavy atom. The second-order valence-corrected chi connectivity index (χ2v) is 34.2. The Hall–Kier alpha value is -1.94. The van der Waals surface area contributed by atoms with Gasteiger partial charge in [-0.3, -0.25) is 37.3 Å². The number of unbranched alkanes of at least 4 members (excludes halogenated alkanes) is 44. The lowest BCUT2D eigenvalue weighted by atomic mass is 9.99. The smallest absolute Gasteiger partial charge is 0.462 e. The standard InChI is InChI=1S/C83H162O17P2/c1-9-75(7)61-53-45-36-30-23-19-15-13-11-12-14-16-21-25-32-38-47-55-63-80(85)93-69-78(99-83(88)66-58-50-40-34-28-27-29-35-43-51-59-73(3)4)71-97-101(89,90)95-67-77(84)68-96-102(91,92)98-72-79(70-94-81(86)64-56-48-42-41-44-52-60-74(5)6)100-82(87)65-57-49-39-33-26-22-18-17-20-24-31-37-46-54-62-76(8)10-2/h73-79,84H,9-72H2,1-8H3,(H,89,90)(H,91,92)/t75?,76?,77-,78-,79-/m1/s1. The van der Waals surface area contributed by atoms with Gasteiger partial charge in [0.25, 0.3) is 0 Å². The highest BCUT2D eigenvalue weighted by Gasteiger charge is 2.30. The van der Waals surface area contributed by atoms with Crippen molar-refractivity contribution in [3.63, 3.8) is 0 Å². The van der Waals surface area contributed by atoms with Gasteiger partial charge >= 0.3 is 39.5 Å². The van der Waals surface area contributed by atoms with E-state index in [2.05, 4.69) is 55.4 Å². The van der Waals surface area contributed by atoms with Crippen LogP contribution in [0.5, 0.6) is 0 Å². The van der Waals surface area contributed by atoms with Gasteiger partial charge in [0, 0.05) is 25.7 Å². The van der Waals surface area contributed by atoms with E-state index >= 15 is 0 Å². The molecule has 0 saturated carbocycles. The molecule has 7 atom stereocenters. The first kappa shape index (κ1) is 100. The Kier molecular flexibility index (Phi) is 70.6. The van der Waals surface area contributed by atoms with Crippen molar-refractivity contribution < 1.29 is 80.2 Å². The molecular weight excluding hydrogens is 1330 g/mol. The lowest BCUT2D eigenvalue weighted by Crippen LogP contribution is -2.30. The van der Waals surface area contributed by atoms with Crippen molar-refractivity contribution in [3.8, 4) is 0 Å². The highest BCUT2D eigenvalue weighted by atomic mass is 31.2. The Morgan fingerprint density at radius 1 is 0.275 bits per heavy atom. The molecule has 0 heterocycles. The number of hydrogen-bond donors (Lipinski definition) is 3. The van der Waals surface area contributed by atoms with Crippen molar-refractivity contribution >= 4 is 39.5 Å². The fourth-order valence-electron chi connectivity index (χ4n) is 12.7. The molecular formula is C83H162O17P2. The summed E-state index contributed by atoms with van der Waals surface area (Å²) in [6.45, 7) is 14.3. The zero-order chi connectivity index (χ0) is 75.3. The summed E-state index contributed by atoms with van der Waals surface area (Å²) in [5.41, 5.74) is 0. The van der Waals surface area contributed by atoms with Gasteiger partial charge in [0.15, 0.2) is 12.2 Å². The third-order valence-electron chi connectivity index (χ3n) is 20.0. The summed E-state index contributed by atoms with van der Waals surface area (Å²) in [6, 6.07) is 0. The van der Waals surface area contributed by atoms with Gasteiger partial charge in [-0.2, -0.15) is 0 Å². The minimum atomic E-state index is -4.96. The summed E-state index contributed by atoms with van der Waals surface area (Å²) in [7, 11) is -9.92. The van der Waals surface area contributed by atoms with Crippen molar-refractivity contribution in [2.45, 2.75) is 446 Å². The number of carbonyl (C=O) groups excluding carboxylic acids is 4. The third kappa shape index (κ3) is 73.6. The lowest BCUT2D eigenvalue weighted by molar-refractivity contribution is -0.161. The molecule has 102 heavy (non-hydrogen) atoms. The number of phosphoric acid groups is 2. The maximum absolute atomic E-state index is 13.1. The quantitative estimate of drug-likeness (QED) is 0.0222. The summed E-state index contributed by atoms with van der Waals surface area (Å²) in [5, 5.41) is 10.6. The normalized spacial score (nSPS) is 14.5. The molecule has 0 amide bonds. The first-order valence-corrected chi connectivity index (χ1v) is 45.8. The molecule has 0 aromatic heterocycles. The second-order valence-electron chi connectivity index (χ2n) is 31.3. The zero-order valence-corrected chi connectivity index (χ0v) is 69.0. The minimum Gasteiger partial charge on any atom is -0.462 e. The summed E-state index contributed by atoms with van der Waals surface area (Å²) in [5.74, 6) is 1.04. The van der Waals surface area contributed by atoms with E-state index in [1.54, 1.807) is 0 Å². The molecule has 4 unspecified atom stereocenters. The van der Waals surface area contributed by atoms with Crippen LogP contribution in [-0.4, -0.2) is 96.7 Å². The van der Waals surface area contributed by atoms with Gasteiger partial charge in [0.05, 0.1) is 26.4 Å². The van der Waals surface area contributed by atoms with Crippen LogP contribution in [0.3, 0.4) is 0 Å². The average Bonchev–Trinajstić information content (AvgIpc) is 0.919. The maximum Gasteiger partial charge on any atom is 0.472 e. The van der Waals surface area contributed by atoms with Crippen LogP contribution in [0.25, 0.3) is 0 Å². The number of phosphoric ester groups is 2. The molecule has 0 aliphatic carbocycles. The van der Waals surface area contributed by atoms with Crippen LogP contribution in [0.4, 0.5) is 0 Å². The Labute approximate surface area is 626 Å². The van der Waals surface area contributed by atoms with E-state index in [0.29, 0.717) is 31.6 Å². The lowest BCUT2D eigenvalue weighted by Gasteiger charge is -2.21. The van der Waals surface area contributed by atoms with Gasteiger partial charge in [-0.05, 0) is 49.4 Å². The summed E-state index contributed by atoms with van der Waals surface area (Å²) < 4.78 is 68.7. The van der Waals surface area contributed by atoms with Crippen LogP contribution >= 0.6 is 15.6 Å². The number of aliphatic hydroxyl groups is 1. The van der Waals surface area contributed by atoms with Crippen LogP contribution in [-0.2, 0) is 65.4 Å². The molecule has 0 aromatic rings. The molecule has 0 saturated heterocycles. The number of rotatable bonds is 80. The van der Waals surface area contributed by atoms with E-state index in [1.165, 1.54) is 225 Å². The molecule has 19 heteroatoms. The first-order valence-electron chi connectivity index (χ1n) is 42.8. The number of esters is 4. The van der Waals surface area contributed by atoms with Crippen molar-refractivity contribution in [3.05, 3.63) is 0 Å². The molecule has 0 aromatic carbocycles. The van der Waals surface area contributed by atoms with Crippen LogP contribution in [0.1, 0.15) is 428 Å². The van der Waals surface area contributed by atoms with Crippen LogP contribution in [0, 0.1) is 23.7 Å². The molecule has 0 aliphatic heterocycles. The molecule has 3 N–H and O–H groups in total. The van der Waals surface area contributed by atoms with Crippen LogP contribution < -0.4 is 0 Å². The van der Waals surface area contributed by atoms with Gasteiger partial charge < -0.3 is 33.8 Å². The summed E-state index contributed by atoms with van der Waals surface area (Å²) >= 11 is 0. The van der Waals surface area contributed by atoms with Crippen LogP contribution in [0.2, 0.25) is 0 Å². The number of ether oxygens (including phenoxy) is 4. The molecule has 17 nitrogen and oxygen atoms in total. The van der Waals surface area contributed by atoms with E-state index < -0.39 is 97.5 Å². The van der Waals surface area contributed by atoms with Crippen LogP contribution in [0.15, 0.2) is 0 Å². The molecule has 606 valence electrons. The predicted molar refractivity (Wildman–Crippen MR) is 418 cm³/mol. The molecule has 0 aliphatic rings. The van der Waals surface area contributed by atoms with Crippen molar-refractivity contribution in [2.75, 3.05) is 39.6 Å². The van der Waals surface area contributed by atoms with Gasteiger partial charge in [-0.1, -0.05) is 376 Å². The van der Waals surface area contributed by atoms with Crippen molar-refractivity contribution in [2.24, 2.45) is 23.7 Å². The molecule has 0 radical (unpaired) electrons. The molecule has 0 spiro atoms. The maximum atomic E-state index is 13.1. The van der Waals surface area contributed by atoms with E-state index in [1.807, 2.05) is 0 Å². The van der Waals surface area contributed by atoms with Gasteiger partial charge in [-0.25, -0.2) is 9.13 Å². The Morgan fingerprint density at radius 3 is 0.696 bits per heavy atom. The van der Waals surface area contributed by atoms with E-state index in [4.69, 9.17) is 37.0 Å². The van der Waals surface area contributed by atoms with E-state index in [-0.39, 0.29) is 25.7 Å². The van der Waals surface area contributed by atoms with Crippen molar-refractivity contribution in [1.29, 1.82) is 0 Å². The highest BCUT2D eigenvalue weighted by Crippen LogP contribution is 2.45. The SMILES string of the molecule is CCC(C)CCCCCCCCCCCCCCCCCCCCC(=O)OC[C@H](COP(=O)(O)OC[C@@H](O)COP(=O)(O)OC[C@@H](COC(=O)CCCCCCCCC(C)C)OC(=O)CCCCCCCCCCCCCCCCC(C)CC)OC(=O)CCCCCCCCCCCCC(C)C. The monoisotopic (exact) mass is 1490 g/mol. The zero-order valence-electron chi connectivity index (χ0n) is 67.2. The summed E-state index contributed by atoms with van der Waals surface area (Å²) in [4.78, 5) is 73.0. The first-order chi connectivity index (χ1) is 49.2. The third-order valence-corrected chi connectivity index (χ3v) is 21.9. The van der Waals surface area contributed by atoms with E-state index in [0.717, 1.165) is 114 Å². The average molecular weight is 1490 g/mol. The number of aliphatic hydroxyl groups excluding tert-OH is 1.